The normalized spacial score (nSPS) is 14.9. The molecule has 0 saturated carbocycles. The van der Waals surface area contributed by atoms with E-state index in [4.69, 9.17) is 9.47 Å². The van der Waals surface area contributed by atoms with Crippen molar-refractivity contribution in [3.63, 3.8) is 0 Å². The van der Waals surface area contributed by atoms with E-state index in [-0.39, 0.29) is 11.3 Å². The van der Waals surface area contributed by atoms with E-state index >= 15 is 0 Å². The van der Waals surface area contributed by atoms with Crippen molar-refractivity contribution in [3.05, 3.63) is 54.6 Å². The van der Waals surface area contributed by atoms with Gasteiger partial charge >= 0.3 is 0 Å². The van der Waals surface area contributed by atoms with E-state index in [0.717, 1.165) is 28.0 Å². The van der Waals surface area contributed by atoms with Crippen LogP contribution in [0, 0.1) is 5.41 Å². The zero-order valence-electron chi connectivity index (χ0n) is 19.5. The predicted octanol–water partition coefficient (Wildman–Crippen LogP) is 3.90. The molecule has 8 heteroatoms. The number of nitrogens with zero attached hydrogens (tertiary/aromatic N) is 5. The molecule has 3 aromatic heterocycles. The molecule has 0 atom stereocenters. The van der Waals surface area contributed by atoms with Crippen LogP contribution in [0.4, 0.5) is 0 Å². The van der Waals surface area contributed by atoms with Crippen molar-refractivity contribution < 1.29 is 14.3 Å². The summed E-state index contributed by atoms with van der Waals surface area (Å²) >= 11 is 0. The highest BCUT2D eigenvalue weighted by molar-refractivity contribution is 6.01. The summed E-state index contributed by atoms with van der Waals surface area (Å²) in [4.78, 5) is 19.6. The van der Waals surface area contributed by atoms with Crippen molar-refractivity contribution in [1.29, 1.82) is 0 Å². The van der Waals surface area contributed by atoms with Gasteiger partial charge in [-0.25, -0.2) is 4.98 Å². The third-order valence-corrected chi connectivity index (χ3v) is 6.09. The number of benzene rings is 1. The highest BCUT2D eigenvalue weighted by Gasteiger charge is 2.39. The maximum atomic E-state index is 13.2. The molecule has 0 N–H and O–H groups in total. The second-order valence-corrected chi connectivity index (χ2v) is 9.27. The van der Waals surface area contributed by atoms with E-state index < -0.39 is 0 Å². The predicted molar refractivity (Wildman–Crippen MR) is 126 cm³/mol. The van der Waals surface area contributed by atoms with E-state index in [1.54, 1.807) is 18.9 Å². The van der Waals surface area contributed by atoms with E-state index in [1.807, 2.05) is 65.4 Å². The fourth-order valence-electron chi connectivity index (χ4n) is 4.50. The van der Waals surface area contributed by atoms with Crippen LogP contribution in [0.1, 0.15) is 24.2 Å². The average Bonchev–Trinajstić information content (AvgIpc) is 3.41. The molecule has 1 amide bonds. The van der Waals surface area contributed by atoms with Crippen LogP contribution < -0.4 is 9.47 Å². The van der Waals surface area contributed by atoms with Crippen LogP contribution in [-0.4, -0.2) is 57.3 Å². The number of hydrogen-bond acceptors (Lipinski definition) is 5. The number of carbonyl (C=O) groups is 1. The van der Waals surface area contributed by atoms with E-state index in [2.05, 4.69) is 23.9 Å². The average molecular weight is 446 g/mol. The molecular weight excluding hydrogens is 418 g/mol. The zero-order chi connectivity index (χ0) is 23.3. The fourth-order valence-corrected chi connectivity index (χ4v) is 4.50. The number of aryl methyl sites for hydroxylation is 1. The Hall–Kier alpha value is -3.81. The minimum atomic E-state index is -0.0752. The third kappa shape index (κ3) is 3.61. The number of fused-ring (bicyclic) bond motifs is 1. The van der Waals surface area contributed by atoms with Gasteiger partial charge in [-0.05, 0) is 35.2 Å². The number of ether oxygens (including phenoxy) is 2. The second kappa shape index (κ2) is 7.65. The van der Waals surface area contributed by atoms with Gasteiger partial charge in [0.15, 0.2) is 0 Å². The summed E-state index contributed by atoms with van der Waals surface area (Å²) in [6, 6.07) is 7.81. The molecule has 1 aromatic carbocycles. The SMILES string of the molecule is COc1cc(-c2cnc3cc(-c4cnn(C)c4)ccn23)cc(OC)c1C(=O)N1CC(C)(C)C1. The summed E-state index contributed by atoms with van der Waals surface area (Å²) in [5.74, 6) is 0.899. The van der Waals surface area contributed by atoms with Gasteiger partial charge in [0.2, 0.25) is 0 Å². The van der Waals surface area contributed by atoms with Gasteiger partial charge in [0.05, 0.1) is 32.3 Å². The number of methoxy groups -OCH3 is 2. The standard InChI is InChI=1S/C25H27N5O3/c1-25(2)14-29(15-25)24(31)23-20(32-4)8-17(9-21(23)33-5)19-12-26-22-10-16(6-7-30(19)22)18-11-27-28(3)13-18/h6-13H,14-15H2,1-5H3. The van der Waals surface area contributed by atoms with Crippen LogP contribution >= 0.6 is 0 Å². The van der Waals surface area contributed by atoms with Crippen molar-refractivity contribution in [2.24, 2.45) is 12.5 Å². The van der Waals surface area contributed by atoms with E-state index in [9.17, 15) is 4.79 Å². The monoisotopic (exact) mass is 445 g/mol. The van der Waals surface area contributed by atoms with Crippen LogP contribution in [0.25, 0.3) is 28.0 Å². The van der Waals surface area contributed by atoms with Crippen molar-refractivity contribution >= 4 is 11.6 Å². The molecule has 33 heavy (non-hydrogen) atoms. The quantitative estimate of drug-likeness (QED) is 0.466. The molecule has 1 fully saturated rings. The summed E-state index contributed by atoms with van der Waals surface area (Å²) in [6.07, 6.45) is 7.61. The summed E-state index contributed by atoms with van der Waals surface area (Å²) in [6.45, 7) is 5.73. The molecule has 8 nitrogen and oxygen atoms in total. The molecule has 0 bridgehead atoms. The molecular formula is C25H27N5O3. The minimum Gasteiger partial charge on any atom is -0.496 e. The maximum absolute atomic E-state index is 13.2. The molecule has 4 heterocycles. The maximum Gasteiger partial charge on any atom is 0.261 e. The summed E-state index contributed by atoms with van der Waals surface area (Å²) in [5.41, 5.74) is 5.21. The Morgan fingerprint density at radius 2 is 1.70 bits per heavy atom. The third-order valence-electron chi connectivity index (χ3n) is 6.09. The number of aromatic nitrogens is 4. The molecule has 1 aliphatic heterocycles. The smallest absolute Gasteiger partial charge is 0.261 e. The zero-order valence-corrected chi connectivity index (χ0v) is 19.5. The highest BCUT2D eigenvalue weighted by Crippen LogP contribution is 2.39. The Kier molecular flexibility index (Phi) is 4.88. The molecule has 1 saturated heterocycles. The number of pyridine rings is 1. The highest BCUT2D eigenvalue weighted by atomic mass is 16.5. The molecule has 0 radical (unpaired) electrons. The number of carbonyl (C=O) groups excluding carboxylic acids is 1. The second-order valence-electron chi connectivity index (χ2n) is 9.27. The fraction of sp³-hybridized carbons (Fsp3) is 0.320. The summed E-state index contributed by atoms with van der Waals surface area (Å²) in [5, 5.41) is 4.25. The van der Waals surface area contributed by atoms with Crippen LogP contribution in [0.2, 0.25) is 0 Å². The first-order valence-electron chi connectivity index (χ1n) is 10.8. The number of likely N-dealkylation sites (tertiary alicyclic amines) is 1. The van der Waals surface area contributed by atoms with E-state index in [1.165, 1.54) is 0 Å². The Labute approximate surface area is 192 Å². The lowest BCUT2D eigenvalue weighted by Crippen LogP contribution is -2.55. The molecule has 0 unspecified atom stereocenters. The first kappa shape index (κ1) is 21.1. The minimum absolute atomic E-state index is 0.0752. The number of amides is 1. The van der Waals surface area contributed by atoms with Crippen LogP contribution in [0.15, 0.2) is 49.1 Å². The first-order valence-corrected chi connectivity index (χ1v) is 10.8. The Bertz CT molecular complexity index is 1330. The first-order chi connectivity index (χ1) is 15.8. The van der Waals surface area contributed by atoms with Crippen molar-refractivity contribution in [2.75, 3.05) is 27.3 Å². The van der Waals surface area contributed by atoms with Gasteiger partial charge < -0.3 is 14.4 Å². The van der Waals surface area contributed by atoms with Crippen molar-refractivity contribution in [2.45, 2.75) is 13.8 Å². The van der Waals surface area contributed by atoms with Gasteiger partial charge in [-0.1, -0.05) is 13.8 Å². The van der Waals surface area contributed by atoms with Crippen molar-refractivity contribution in [3.8, 4) is 33.9 Å². The lowest BCUT2D eigenvalue weighted by atomic mass is 9.84. The topological polar surface area (TPSA) is 73.9 Å². The number of imidazole rings is 1. The van der Waals surface area contributed by atoms with Crippen molar-refractivity contribution in [1.82, 2.24) is 24.1 Å². The Morgan fingerprint density at radius 1 is 1.00 bits per heavy atom. The molecule has 5 rings (SSSR count). The van der Waals surface area contributed by atoms with Crippen LogP contribution in [-0.2, 0) is 7.05 Å². The van der Waals surface area contributed by atoms with E-state index in [0.29, 0.717) is 30.2 Å². The van der Waals surface area contributed by atoms with Crippen LogP contribution in [0.5, 0.6) is 11.5 Å². The van der Waals surface area contributed by atoms with Crippen LogP contribution in [0.3, 0.4) is 0 Å². The summed E-state index contributed by atoms with van der Waals surface area (Å²) in [7, 11) is 5.04. The van der Waals surface area contributed by atoms with Gasteiger partial charge in [-0.3, -0.25) is 13.9 Å². The van der Waals surface area contributed by atoms with Gasteiger partial charge in [-0.15, -0.1) is 0 Å². The molecule has 1 aliphatic rings. The van der Waals surface area contributed by atoms with Gasteiger partial charge in [0.25, 0.3) is 5.91 Å². The number of hydrogen-bond donors (Lipinski definition) is 0. The largest absolute Gasteiger partial charge is 0.496 e. The van der Waals surface area contributed by atoms with Gasteiger partial charge in [-0.2, -0.15) is 5.10 Å². The summed E-state index contributed by atoms with van der Waals surface area (Å²) < 4.78 is 15.1. The van der Waals surface area contributed by atoms with Gasteiger partial charge in [0, 0.05) is 43.7 Å². The lowest BCUT2D eigenvalue weighted by molar-refractivity contribution is 0.0230. The molecule has 4 aromatic rings. The number of rotatable bonds is 5. The Balaban J connectivity index is 1.55. The molecule has 0 aliphatic carbocycles. The lowest BCUT2D eigenvalue weighted by Gasteiger charge is -2.46. The molecule has 0 spiro atoms. The Morgan fingerprint density at radius 3 is 2.27 bits per heavy atom. The molecule has 170 valence electrons. The van der Waals surface area contributed by atoms with Gasteiger partial charge in [0.1, 0.15) is 22.7 Å².